The highest BCUT2D eigenvalue weighted by molar-refractivity contribution is 6.16. The van der Waals surface area contributed by atoms with Crippen LogP contribution in [0.25, 0.3) is 0 Å². The molecule has 0 bridgehead atoms. The monoisotopic (exact) mass is 197 g/mol. The minimum Gasteiger partial charge on any atom is -0.388 e. The van der Waals surface area contributed by atoms with E-state index in [1.165, 1.54) is 6.08 Å². The Labute approximate surface area is 83.0 Å². The molecule has 0 aromatic rings. The van der Waals surface area contributed by atoms with Crippen molar-refractivity contribution in [3.05, 3.63) is 11.6 Å². The fraction of sp³-hybridized carbons (Fsp3) is 0.600. The van der Waals surface area contributed by atoms with Crippen LogP contribution in [0, 0.1) is 5.41 Å². The van der Waals surface area contributed by atoms with Crippen LogP contribution in [0.3, 0.4) is 0 Å². The predicted octanol–water partition coefficient (Wildman–Crippen LogP) is 0.366. The minimum atomic E-state index is -0.890. The van der Waals surface area contributed by atoms with Crippen LogP contribution in [0.1, 0.15) is 27.2 Å². The number of carbonyl (C=O) groups excluding carboxylic acids is 2. The van der Waals surface area contributed by atoms with Gasteiger partial charge in [0.25, 0.3) is 11.8 Å². The van der Waals surface area contributed by atoms with E-state index in [0.29, 0.717) is 0 Å². The number of carbonyl (C=O) groups is 2. The topological polar surface area (TPSA) is 66.4 Å². The fourth-order valence-electron chi connectivity index (χ4n) is 1.24. The van der Waals surface area contributed by atoms with Crippen molar-refractivity contribution in [3.8, 4) is 0 Å². The molecule has 0 fully saturated rings. The second kappa shape index (κ2) is 3.53. The molecule has 1 rings (SSSR count). The van der Waals surface area contributed by atoms with Crippen molar-refractivity contribution in [2.45, 2.75) is 33.3 Å². The van der Waals surface area contributed by atoms with Crippen molar-refractivity contribution in [1.82, 2.24) is 5.32 Å². The minimum absolute atomic E-state index is 0.168. The molecule has 0 aliphatic carbocycles. The number of aliphatic hydroxyl groups is 1. The SMILES string of the molecule is CCC(C)(C)C(O)C1=CC(=O)NC1=O. The first-order valence-electron chi connectivity index (χ1n) is 4.63. The van der Waals surface area contributed by atoms with Gasteiger partial charge in [-0.1, -0.05) is 20.8 Å². The molecular weight excluding hydrogens is 182 g/mol. The first-order chi connectivity index (χ1) is 6.38. The van der Waals surface area contributed by atoms with Crippen molar-refractivity contribution < 1.29 is 14.7 Å². The second-order valence-electron chi connectivity index (χ2n) is 4.16. The number of hydrogen-bond acceptors (Lipinski definition) is 3. The highest BCUT2D eigenvalue weighted by Crippen LogP contribution is 2.30. The van der Waals surface area contributed by atoms with Gasteiger partial charge in [0.05, 0.1) is 11.7 Å². The van der Waals surface area contributed by atoms with Crippen molar-refractivity contribution in [2.75, 3.05) is 0 Å². The lowest BCUT2D eigenvalue weighted by Crippen LogP contribution is -2.34. The van der Waals surface area contributed by atoms with Gasteiger partial charge < -0.3 is 5.11 Å². The molecule has 78 valence electrons. The molecule has 0 aromatic heterocycles. The fourth-order valence-corrected chi connectivity index (χ4v) is 1.24. The number of amides is 2. The summed E-state index contributed by atoms with van der Waals surface area (Å²) < 4.78 is 0. The number of hydrogen-bond donors (Lipinski definition) is 2. The zero-order valence-electron chi connectivity index (χ0n) is 8.63. The van der Waals surface area contributed by atoms with Crippen LogP contribution in [-0.4, -0.2) is 23.0 Å². The Morgan fingerprint density at radius 2 is 2.07 bits per heavy atom. The summed E-state index contributed by atoms with van der Waals surface area (Å²) in [6.07, 6.45) is 1.01. The van der Waals surface area contributed by atoms with Crippen LogP contribution in [0.2, 0.25) is 0 Å². The number of imide groups is 1. The quantitative estimate of drug-likeness (QED) is 0.642. The van der Waals surface area contributed by atoms with Gasteiger partial charge >= 0.3 is 0 Å². The predicted molar refractivity (Wildman–Crippen MR) is 51.3 cm³/mol. The van der Waals surface area contributed by atoms with Gasteiger partial charge in [-0.15, -0.1) is 0 Å². The molecule has 0 radical (unpaired) electrons. The zero-order chi connectivity index (χ0) is 10.9. The summed E-state index contributed by atoms with van der Waals surface area (Å²) >= 11 is 0. The van der Waals surface area contributed by atoms with Gasteiger partial charge in [0.2, 0.25) is 0 Å². The van der Waals surface area contributed by atoms with Gasteiger partial charge in [-0.25, -0.2) is 0 Å². The number of nitrogens with one attached hydrogen (secondary N) is 1. The Balaban J connectivity index is 2.90. The van der Waals surface area contributed by atoms with Gasteiger partial charge in [0.15, 0.2) is 0 Å². The van der Waals surface area contributed by atoms with Crippen LogP contribution in [0.4, 0.5) is 0 Å². The first kappa shape index (κ1) is 10.9. The zero-order valence-corrected chi connectivity index (χ0v) is 8.63. The molecule has 14 heavy (non-hydrogen) atoms. The van der Waals surface area contributed by atoms with Crippen molar-refractivity contribution in [3.63, 3.8) is 0 Å². The Morgan fingerprint density at radius 1 is 1.50 bits per heavy atom. The second-order valence-corrected chi connectivity index (χ2v) is 4.16. The van der Waals surface area contributed by atoms with E-state index >= 15 is 0 Å². The van der Waals surface area contributed by atoms with Crippen LogP contribution < -0.4 is 5.32 Å². The number of rotatable bonds is 3. The summed E-state index contributed by atoms with van der Waals surface area (Å²) in [7, 11) is 0. The Hall–Kier alpha value is -1.16. The van der Waals surface area contributed by atoms with Crippen LogP contribution >= 0.6 is 0 Å². The summed E-state index contributed by atoms with van der Waals surface area (Å²) in [5.74, 6) is -0.931. The van der Waals surface area contributed by atoms with E-state index < -0.39 is 23.3 Å². The third-order valence-corrected chi connectivity index (χ3v) is 2.73. The van der Waals surface area contributed by atoms with E-state index in [9.17, 15) is 14.7 Å². The van der Waals surface area contributed by atoms with Crippen LogP contribution in [0.5, 0.6) is 0 Å². The summed E-state index contributed by atoms with van der Waals surface area (Å²) in [4.78, 5) is 22.1. The molecule has 1 unspecified atom stereocenters. The highest BCUT2D eigenvalue weighted by atomic mass is 16.3. The van der Waals surface area contributed by atoms with Gasteiger partial charge in [0.1, 0.15) is 0 Å². The third-order valence-electron chi connectivity index (χ3n) is 2.73. The third kappa shape index (κ3) is 1.85. The summed E-state index contributed by atoms with van der Waals surface area (Å²) in [6.45, 7) is 5.64. The Kier molecular flexibility index (Phi) is 2.76. The molecule has 2 amide bonds. The van der Waals surface area contributed by atoms with E-state index in [1.54, 1.807) is 0 Å². The average Bonchev–Trinajstić information content (AvgIpc) is 2.44. The molecule has 0 saturated heterocycles. The van der Waals surface area contributed by atoms with Crippen LogP contribution in [-0.2, 0) is 9.59 Å². The maximum atomic E-state index is 11.2. The normalized spacial score (nSPS) is 19.3. The molecule has 1 aliphatic rings. The van der Waals surface area contributed by atoms with E-state index in [1.807, 2.05) is 20.8 Å². The van der Waals surface area contributed by atoms with Gasteiger partial charge in [-0.05, 0) is 11.8 Å². The van der Waals surface area contributed by atoms with Crippen molar-refractivity contribution in [2.24, 2.45) is 5.41 Å². The lowest BCUT2D eigenvalue weighted by molar-refractivity contribution is -0.124. The van der Waals surface area contributed by atoms with Gasteiger partial charge in [-0.3, -0.25) is 14.9 Å². The lowest BCUT2D eigenvalue weighted by Gasteiger charge is -2.29. The van der Waals surface area contributed by atoms with Crippen LogP contribution in [0.15, 0.2) is 11.6 Å². The molecule has 0 saturated carbocycles. The standard InChI is InChI=1S/C10H15NO3/c1-4-10(2,3)8(13)6-5-7(12)11-9(6)14/h5,8,13H,4H2,1-3H3,(H,11,12,14). The maximum Gasteiger partial charge on any atom is 0.256 e. The molecule has 0 spiro atoms. The summed E-state index contributed by atoms with van der Waals surface area (Å²) in [6, 6.07) is 0. The summed E-state index contributed by atoms with van der Waals surface area (Å²) in [5.41, 5.74) is -0.227. The van der Waals surface area contributed by atoms with E-state index in [-0.39, 0.29) is 5.57 Å². The average molecular weight is 197 g/mol. The van der Waals surface area contributed by atoms with Crippen molar-refractivity contribution in [1.29, 1.82) is 0 Å². The molecule has 2 N–H and O–H groups in total. The highest BCUT2D eigenvalue weighted by Gasteiger charge is 2.35. The molecule has 0 aromatic carbocycles. The Bertz CT molecular complexity index is 304. The Morgan fingerprint density at radius 3 is 2.43 bits per heavy atom. The summed E-state index contributed by atoms with van der Waals surface area (Å²) in [5, 5.41) is 12.0. The van der Waals surface area contributed by atoms with Crippen molar-refractivity contribution >= 4 is 11.8 Å². The molecule has 1 heterocycles. The van der Waals surface area contributed by atoms with E-state index in [4.69, 9.17) is 0 Å². The molecular formula is C10H15NO3. The van der Waals surface area contributed by atoms with E-state index in [2.05, 4.69) is 5.32 Å². The smallest absolute Gasteiger partial charge is 0.256 e. The lowest BCUT2D eigenvalue weighted by atomic mass is 9.80. The molecule has 1 aliphatic heterocycles. The molecule has 1 atom stereocenters. The first-order valence-corrected chi connectivity index (χ1v) is 4.63. The maximum absolute atomic E-state index is 11.2. The van der Waals surface area contributed by atoms with E-state index in [0.717, 1.165) is 6.42 Å². The number of aliphatic hydroxyl groups excluding tert-OH is 1. The largest absolute Gasteiger partial charge is 0.388 e. The van der Waals surface area contributed by atoms with Gasteiger partial charge in [0, 0.05) is 6.08 Å². The van der Waals surface area contributed by atoms with Gasteiger partial charge in [-0.2, -0.15) is 0 Å². The molecule has 4 heteroatoms. The molecule has 4 nitrogen and oxygen atoms in total.